The number of hydrogen-bond acceptors (Lipinski definition) is 5. The van der Waals surface area contributed by atoms with E-state index in [1.54, 1.807) is 30.3 Å². The Morgan fingerprint density at radius 1 is 0.718 bits per heavy atom. The van der Waals surface area contributed by atoms with Crippen LogP contribution in [0.25, 0.3) is 33.7 Å². The molecule has 0 atom stereocenters. The topological polar surface area (TPSA) is 60.0 Å². The monoisotopic (exact) mass is 652 g/mol. The maximum atomic E-state index is 6.43. The third-order valence-electron chi connectivity index (χ3n) is 5.95. The zero-order valence-corrected chi connectivity index (χ0v) is 24.5. The lowest BCUT2D eigenvalue weighted by Gasteiger charge is -2.16. The number of hydrogen-bond donors (Lipinski definition) is 1. The van der Waals surface area contributed by atoms with Crippen LogP contribution < -0.4 is 10.8 Å². The minimum absolute atomic E-state index is 0.449. The van der Waals surface area contributed by atoms with E-state index in [0.29, 0.717) is 53.2 Å². The standard InChI is InChI=1S/C28H16BrCl3N6S/c29-16-5-10-19(11-6-16)37-26-25(36-35-24-15-18(31)9-14-21(24)32)27(34-23-4-2-1-3-22(23)33-26)38(28(37)39)20-12-7-17(30)8-13-20/h1-15,35H/b36-25-. The maximum Gasteiger partial charge on any atom is 0.192 e. The van der Waals surface area contributed by atoms with E-state index in [0.717, 1.165) is 15.8 Å². The minimum Gasteiger partial charge on any atom is -0.276 e. The molecule has 11 heteroatoms. The second-order valence-electron chi connectivity index (χ2n) is 8.46. The van der Waals surface area contributed by atoms with Crippen molar-refractivity contribution >= 4 is 91.0 Å². The van der Waals surface area contributed by atoms with Crippen LogP contribution in [0, 0.1) is 4.77 Å². The van der Waals surface area contributed by atoms with Gasteiger partial charge in [-0.2, -0.15) is 5.10 Å². The summed E-state index contributed by atoms with van der Waals surface area (Å²) in [5, 5.41) is 6.83. The smallest absolute Gasteiger partial charge is 0.192 e. The summed E-state index contributed by atoms with van der Waals surface area (Å²) >= 11 is 28.5. The number of para-hydroxylation sites is 2. The molecule has 6 rings (SSSR count). The average molecular weight is 655 g/mol. The minimum atomic E-state index is 0.449. The summed E-state index contributed by atoms with van der Waals surface area (Å²) in [5.74, 6) is 0. The molecule has 0 amide bonds. The Labute approximate surface area is 251 Å². The van der Waals surface area contributed by atoms with Crippen molar-refractivity contribution in [2.24, 2.45) is 5.10 Å². The molecule has 0 aliphatic carbocycles. The summed E-state index contributed by atoms with van der Waals surface area (Å²) in [5.41, 5.74) is 7.51. The first-order valence-corrected chi connectivity index (χ1v) is 13.9. The molecule has 0 saturated carbocycles. The van der Waals surface area contributed by atoms with E-state index < -0.39 is 0 Å². The van der Waals surface area contributed by atoms with E-state index in [1.807, 2.05) is 69.8 Å². The van der Waals surface area contributed by atoms with Gasteiger partial charge < -0.3 is 0 Å². The van der Waals surface area contributed by atoms with E-state index >= 15 is 0 Å². The molecule has 192 valence electrons. The van der Waals surface area contributed by atoms with E-state index in [1.165, 1.54) is 0 Å². The molecule has 0 fully saturated rings. The Balaban J connectivity index is 1.81. The third kappa shape index (κ3) is 5.06. The molecule has 39 heavy (non-hydrogen) atoms. The number of aromatic nitrogens is 4. The van der Waals surface area contributed by atoms with Gasteiger partial charge in [-0.25, -0.2) is 9.97 Å². The van der Waals surface area contributed by atoms with Crippen molar-refractivity contribution in [3.05, 3.63) is 121 Å². The molecule has 6 nitrogen and oxygen atoms in total. The highest BCUT2D eigenvalue weighted by Gasteiger charge is 2.17. The summed E-state index contributed by atoms with van der Waals surface area (Å²) in [6, 6.07) is 27.9. The van der Waals surface area contributed by atoms with Gasteiger partial charge in [0.05, 0.1) is 33.1 Å². The van der Waals surface area contributed by atoms with Crippen LogP contribution in [-0.4, -0.2) is 19.1 Å². The predicted octanol–water partition coefficient (Wildman–Crippen LogP) is 8.74. The molecule has 0 unspecified atom stereocenters. The van der Waals surface area contributed by atoms with Gasteiger partial charge in [0.2, 0.25) is 0 Å². The lowest BCUT2D eigenvalue weighted by atomic mass is 10.3. The highest BCUT2D eigenvalue weighted by atomic mass is 79.9. The first-order chi connectivity index (χ1) is 18.9. The fraction of sp³-hybridized carbons (Fsp3) is 0. The summed E-state index contributed by atoms with van der Waals surface area (Å²) in [6.45, 7) is 0. The van der Waals surface area contributed by atoms with E-state index in [2.05, 4.69) is 21.4 Å². The summed E-state index contributed by atoms with van der Waals surface area (Å²) < 4.78 is 5.11. The quantitative estimate of drug-likeness (QED) is 0.153. The van der Waals surface area contributed by atoms with Gasteiger partial charge in [-0.05, 0) is 91.1 Å². The van der Waals surface area contributed by atoms with Crippen LogP contribution >= 0.6 is 63.0 Å². The van der Waals surface area contributed by atoms with Crippen LogP contribution in [-0.2, 0) is 0 Å². The number of rotatable bonds is 4. The van der Waals surface area contributed by atoms with E-state index in [9.17, 15) is 0 Å². The van der Waals surface area contributed by atoms with Gasteiger partial charge in [-0.1, -0.05) is 62.9 Å². The Bertz CT molecular complexity index is 1890. The van der Waals surface area contributed by atoms with Gasteiger partial charge >= 0.3 is 0 Å². The molecule has 6 aromatic rings. The maximum absolute atomic E-state index is 6.43. The Hall–Kier alpha value is -3.27. The van der Waals surface area contributed by atoms with Crippen molar-refractivity contribution in [1.82, 2.24) is 19.1 Å². The van der Waals surface area contributed by atoms with Crippen molar-refractivity contribution in [1.29, 1.82) is 0 Å². The Morgan fingerprint density at radius 3 is 1.85 bits per heavy atom. The Morgan fingerprint density at radius 2 is 1.26 bits per heavy atom. The summed E-state index contributed by atoms with van der Waals surface area (Å²) in [7, 11) is 0. The van der Waals surface area contributed by atoms with Gasteiger partial charge in [0, 0.05) is 14.5 Å². The van der Waals surface area contributed by atoms with Crippen molar-refractivity contribution in [3.8, 4) is 11.4 Å². The fourth-order valence-electron chi connectivity index (χ4n) is 4.13. The highest BCUT2D eigenvalue weighted by molar-refractivity contribution is 9.10. The number of nitrogens with one attached hydrogen (secondary N) is 1. The number of anilines is 1. The number of halogens is 4. The number of nitrogens with zero attached hydrogens (tertiary/aromatic N) is 5. The van der Waals surface area contributed by atoms with Gasteiger partial charge in [0.25, 0.3) is 0 Å². The highest BCUT2D eigenvalue weighted by Crippen LogP contribution is 2.26. The summed E-state index contributed by atoms with van der Waals surface area (Å²) in [6.07, 6.45) is 0. The molecule has 0 spiro atoms. The van der Waals surface area contributed by atoms with Crippen LogP contribution in [0.15, 0.2) is 101 Å². The largest absolute Gasteiger partial charge is 0.276 e. The molecular formula is C28H16BrCl3N6S. The van der Waals surface area contributed by atoms with Gasteiger partial charge in [0.15, 0.2) is 21.4 Å². The van der Waals surface area contributed by atoms with Crippen LogP contribution in [0.2, 0.25) is 15.1 Å². The predicted molar refractivity (Wildman–Crippen MR) is 165 cm³/mol. The molecule has 0 saturated heterocycles. The van der Waals surface area contributed by atoms with E-state index in [-0.39, 0.29) is 0 Å². The molecule has 2 heterocycles. The molecule has 0 radical (unpaired) electrons. The van der Waals surface area contributed by atoms with Crippen molar-refractivity contribution < 1.29 is 0 Å². The zero-order chi connectivity index (χ0) is 27.1. The van der Waals surface area contributed by atoms with Crippen LogP contribution in [0.3, 0.4) is 0 Å². The Kier molecular flexibility index (Phi) is 7.14. The van der Waals surface area contributed by atoms with Crippen LogP contribution in [0.5, 0.6) is 0 Å². The van der Waals surface area contributed by atoms with Crippen molar-refractivity contribution in [3.63, 3.8) is 0 Å². The second-order valence-corrected chi connectivity index (χ2v) is 11.0. The third-order valence-corrected chi connectivity index (χ3v) is 7.66. The normalized spacial score (nSPS) is 11.8. The lowest BCUT2D eigenvalue weighted by Crippen LogP contribution is -2.23. The molecule has 0 aliphatic heterocycles. The molecule has 2 bridgehead atoms. The number of fused-ring (bicyclic) bond motifs is 3. The summed E-state index contributed by atoms with van der Waals surface area (Å²) in [4.78, 5) is 10.0. The molecule has 2 aromatic heterocycles. The van der Waals surface area contributed by atoms with Gasteiger partial charge in [-0.3, -0.25) is 14.6 Å². The SMILES string of the molecule is S=c1n(-c2ccc(Cl)cc2)c2nc3ccccc3nc(/c2=N/Nc2cc(Cl)ccc2Cl)n1-c1ccc(Br)cc1. The molecule has 4 aromatic carbocycles. The first-order valence-electron chi connectivity index (χ1n) is 11.6. The van der Waals surface area contributed by atoms with Crippen molar-refractivity contribution in [2.45, 2.75) is 0 Å². The van der Waals surface area contributed by atoms with Crippen LogP contribution in [0.4, 0.5) is 5.69 Å². The average Bonchev–Trinajstić information content (AvgIpc) is 3.05. The number of benzene rings is 4. The fourth-order valence-corrected chi connectivity index (χ4v) is 5.23. The van der Waals surface area contributed by atoms with Gasteiger partial charge in [-0.15, -0.1) is 0 Å². The molecule has 0 aliphatic rings. The first kappa shape index (κ1) is 26.0. The second kappa shape index (κ2) is 10.7. The van der Waals surface area contributed by atoms with Crippen LogP contribution in [0.1, 0.15) is 0 Å². The lowest BCUT2D eigenvalue weighted by molar-refractivity contribution is 0.886. The zero-order valence-electron chi connectivity index (χ0n) is 19.8. The van der Waals surface area contributed by atoms with E-state index in [4.69, 9.17) is 62.1 Å². The molecule has 1 N–H and O–H groups in total. The van der Waals surface area contributed by atoms with Gasteiger partial charge in [0.1, 0.15) is 0 Å². The molecular weight excluding hydrogens is 639 g/mol. The van der Waals surface area contributed by atoms with Crippen molar-refractivity contribution in [2.75, 3.05) is 5.43 Å².